The summed E-state index contributed by atoms with van der Waals surface area (Å²) in [5, 5.41) is 2.79. The third kappa shape index (κ3) is 4.12. The van der Waals surface area contributed by atoms with Crippen LogP contribution < -0.4 is 14.8 Å². The molecule has 1 amide bonds. The predicted molar refractivity (Wildman–Crippen MR) is 108 cm³/mol. The van der Waals surface area contributed by atoms with Gasteiger partial charge in [-0.1, -0.05) is 42.5 Å². The van der Waals surface area contributed by atoms with Gasteiger partial charge in [-0.25, -0.2) is 4.98 Å². The maximum absolute atomic E-state index is 12.7. The zero-order valence-corrected chi connectivity index (χ0v) is 15.1. The molecular formula is C22H19N3O3. The number of rotatable bonds is 7. The molecule has 1 aromatic heterocycles. The van der Waals surface area contributed by atoms with Crippen molar-refractivity contribution in [3.63, 3.8) is 0 Å². The summed E-state index contributed by atoms with van der Waals surface area (Å²) in [7, 11) is 0. The van der Waals surface area contributed by atoms with Gasteiger partial charge in [-0.2, -0.15) is 0 Å². The molecule has 28 heavy (non-hydrogen) atoms. The number of hydrogen-bond acceptors (Lipinski definition) is 4. The van der Waals surface area contributed by atoms with Crippen molar-refractivity contribution < 1.29 is 14.3 Å². The van der Waals surface area contributed by atoms with Gasteiger partial charge in [0.15, 0.2) is 0 Å². The Balaban J connectivity index is 1.39. The summed E-state index contributed by atoms with van der Waals surface area (Å²) in [6.45, 7) is 0.702. The van der Waals surface area contributed by atoms with E-state index in [-0.39, 0.29) is 5.91 Å². The minimum atomic E-state index is -0.293. The number of fused-ring (bicyclic) bond motifs is 1. The first kappa shape index (κ1) is 17.6. The van der Waals surface area contributed by atoms with Gasteiger partial charge < -0.3 is 14.5 Å². The molecule has 2 N–H and O–H groups in total. The number of para-hydroxylation sites is 4. The second kappa shape index (κ2) is 8.26. The predicted octanol–water partition coefficient (Wildman–Crippen LogP) is 4.27. The molecular weight excluding hydrogens is 354 g/mol. The van der Waals surface area contributed by atoms with Crippen molar-refractivity contribution in [2.75, 3.05) is 18.5 Å². The number of anilines is 1. The van der Waals surface area contributed by atoms with Crippen LogP contribution in [0, 0.1) is 0 Å². The van der Waals surface area contributed by atoms with Gasteiger partial charge in [-0.3, -0.25) is 10.1 Å². The first-order chi connectivity index (χ1) is 13.8. The number of hydrogen-bond donors (Lipinski definition) is 2. The molecule has 3 aromatic carbocycles. The Bertz CT molecular complexity index is 1040. The normalized spacial score (nSPS) is 10.6. The average molecular weight is 373 g/mol. The topological polar surface area (TPSA) is 76.2 Å². The molecule has 0 aliphatic heterocycles. The molecule has 0 spiro atoms. The number of aromatic amines is 1. The maximum atomic E-state index is 12.7. The second-order valence-electron chi connectivity index (χ2n) is 6.06. The summed E-state index contributed by atoms with van der Waals surface area (Å²) in [4.78, 5) is 20.1. The molecule has 1 heterocycles. The molecule has 0 aliphatic rings. The molecule has 0 unspecified atom stereocenters. The summed E-state index contributed by atoms with van der Waals surface area (Å²) in [6.07, 6.45) is 0. The van der Waals surface area contributed by atoms with E-state index in [1.165, 1.54) is 0 Å². The summed E-state index contributed by atoms with van der Waals surface area (Å²) in [6, 6.07) is 24.2. The van der Waals surface area contributed by atoms with Gasteiger partial charge in [0.2, 0.25) is 5.95 Å². The first-order valence-corrected chi connectivity index (χ1v) is 8.95. The molecule has 4 rings (SSSR count). The largest absolute Gasteiger partial charge is 0.490 e. The van der Waals surface area contributed by atoms with E-state index in [2.05, 4.69) is 15.3 Å². The van der Waals surface area contributed by atoms with Crippen LogP contribution in [-0.4, -0.2) is 29.1 Å². The summed E-state index contributed by atoms with van der Waals surface area (Å²) >= 11 is 0. The van der Waals surface area contributed by atoms with Crippen molar-refractivity contribution >= 4 is 22.9 Å². The first-order valence-electron chi connectivity index (χ1n) is 8.95. The van der Waals surface area contributed by atoms with E-state index in [1.54, 1.807) is 18.2 Å². The summed E-state index contributed by atoms with van der Waals surface area (Å²) in [5.74, 6) is 1.38. The number of carbonyl (C=O) groups is 1. The lowest BCUT2D eigenvalue weighted by atomic mass is 10.2. The number of carbonyl (C=O) groups excluding carboxylic acids is 1. The van der Waals surface area contributed by atoms with Crippen molar-refractivity contribution in [1.29, 1.82) is 0 Å². The minimum Gasteiger partial charge on any atom is -0.490 e. The average Bonchev–Trinajstić information content (AvgIpc) is 3.14. The highest BCUT2D eigenvalue weighted by atomic mass is 16.5. The molecule has 0 atom stereocenters. The third-order valence-electron chi connectivity index (χ3n) is 4.11. The van der Waals surface area contributed by atoms with E-state index < -0.39 is 0 Å². The Hall–Kier alpha value is -3.80. The zero-order chi connectivity index (χ0) is 19.2. The fraction of sp³-hybridized carbons (Fsp3) is 0.0909. The van der Waals surface area contributed by atoms with Crippen LogP contribution in [0.25, 0.3) is 11.0 Å². The summed E-state index contributed by atoms with van der Waals surface area (Å²) in [5.41, 5.74) is 2.09. The lowest BCUT2D eigenvalue weighted by Crippen LogP contribution is -2.16. The van der Waals surface area contributed by atoms with Crippen LogP contribution in [0.5, 0.6) is 11.5 Å². The van der Waals surface area contributed by atoms with Crippen LogP contribution in [0.15, 0.2) is 78.9 Å². The van der Waals surface area contributed by atoms with Crippen molar-refractivity contribution in [2.45, 2.75) is 0 Å². The highest BCUT2D eigenvalue weighted by molar-refractivity contribution is 6.05. The summed E-state index contributed by atoms with van der Waals surface area (Å²) < 4.78 is 11.4. The van der Waals surface area contributed by atoms with E-state index in [0.717, 1.165) is 16.8 Å². The Labute approximate surface area is 162 Å². The van der Waals surface area contributed by atoms with Gasteiger partial charge in [0.25, 0.3) is 5.91 Å². The van der Waals surface area contributed by atoms with Crippen molar-refractivity contribution in [2.24, 2.45) is 0 Å². The number of ether oxygens (including phenoxy) is 2. The Morgan fingerprint density at radius 2 is 1.57 bits per heavy atom. The van der Waals surface area contributed by atoms with E-state index in [0.29, 0.717) is 30.5 Å². The van der Waals surface area contributed by atoms with Crippen molar-refractivity contribution in [3.8, 4) is 11.5 Å². The standard InChI is InChI=1S/C22H19N3O3/c26-21(25-22-23-18-11-5-6-12-19(18)24-22)17-10-4-7-13-20(17)28-15-14-27-16-8-2-1-3-9-16/h1-13H,14-15H2,(H2,23,24,25,26). The Morgan fingerprint density at radius 3 is 2.43 bits per heavy atom. The molecule has 0 saturated heterocycles. The van der Waals surface area contributed by atoms with E-state index >= 15 is 0 Å². The molecule has 0 aliphatic carbocycles. The minimum absolute atomic E-state index is 0.293. The molecule has 0 fully saturated rings. The SMILES string of the molecule is O=C(Nc1nc2ccccc2[nH]1)c1ccccc1OCCOc1ccccc1. The molecule has 0 radical (unpaired) electrons. The molecule has 6 nitrogen and oxygen atoms in total. The zero-order valence-electron chi connectivity index (χ0n) is 15.1. The highest BCUT2D eigenvalue weighted by Crippen LogP contribution is 2.20. The fourth-order valence-electron chi connectivity index (χ4n) is 2.79. The molecule has 6 heteroatoms. The van der Waals surface area contributed by atoms with Crippen LogP contribution in [0.3, 0.4) is 0 Å². The molecule has 0 saturated carbocycles. The smallest absolute Gasteiger partial charge is 0.261 e. The lowest BCUT2D eigenvalue weighted by Gasteiger charge is -2.11. The number of H-pyrrole nitrogens is 1. The number of aromatic nitrogens is 2. The molecule has 4 aromatic rings. The number of benzene rings is 3. The van der Waals surface area contributed by atoms with E-state index in [1.807, 2.05) is 60.7 Å². The van der Waals surface area contributed by atoms with Gasteiger partial charge in [0, 0.05) is 0 Å². The molecule has 0 bridgehead atoms. The van der Waals surface area contributed by atoms with Crippen LogP contribution in [0.4, 0.5) is 5.95 Å². The quantitative estimate of drug-likeness (QED) is 0.474. The van der Waals surface area contributed by atoms with Gasteiger partial charge >= 0.3 is 0 Å². The Kier molecular flexibility index (Phi) is 5.20. The van der Waals surface area contributed by atoms with Gasteiger partial charge in [0.05, 0.1) is 16.6 Å². The number of nitrogens with zero attached hydrogens (tertiary/aromatic N) is 1. The van der Waals surface area contributed by atoms with Gasteiger partial charge in [-0.05, 0) is 36.4 Å². The van der Waals surface area contributed by atoms with Gasteiger partial charge in [0.1, 0.15) is 24.7 Å². The van der Waals surface area contributed by atoms with Crippen LogP contribution in [-0.2, 0) is 0 Å². The lowest BCUT2D eigenvalue weighted by molar-refractivity contribution is 0.102. The number of imidazole rings is 1. The highest BCUT2D eigenvalue weighted by Gasteiger charge is 2.14. The fourth-order valence-corrected chi connectivity index (χ4v) is 2.79. The van der Waals surface area contributed by atoms with E-state index in [4.69, 9.17) is 9.47 Å². The molecule has 140 valence electrons. The second-order valence-corrected chi connectivity index (χ2v) is 6.06. The van der Waals surface area contributed by atoms with Crippen LogP contribution in [0.2, 0.25) is 0 Å². The van der Waals surface area contributed by atoms with Gasteiger partial charge in [-0.15, -0.1) is 0 Å². The third-order valence-corrected chi connectivity index (χ3v) is 4.11. The Morgan fingerprint density at radius 1 is 0.857 bits per heavy atom. The van der Waals surface area contributed by atoms with Crippen molar-refractivity contribution in [1.82, 2.24) is 9.97 Å². The number of amides is 1. The maximum Gasteiger partial charge on any atom is 0.261 e. The van der Waals surface area contributed by atoms with E-state index in [9.17, 15) is 4.79 Å². The van der Waals surface area contributed by atoms with Crippen molar-refractivity contribution in [3.05, 3.63) is 84.4 Å². The van der Waals surface area contributed by atoms with Crippen LogP contribution in [0.1, 0.15) is 10.4 Å². The van der Waals surface area contributed by atoms with Crippen LogP contribution >= 0.6 is 0 Å². The number of nitrogens with one attached hydrogen (secondary N) is 2. The monoisotopic (exact) mass is 373 g/mol.